The lowest BCUT2D eigenvalue weighted by Gasteiger charge is -2.12. The average Bonchev–Trinajstić information content (AvgIpc) is 2.51. The van der Waals surface area contributed by atoms with E-state index in [1.165, 1.54) is 15.9 Å². The van der Waals surface area contributed by atoms with Gasteiger partial charge in [-0.1, -0.05) is 5.92 Å². The molecule has 1 rings (SSSR count). The van der Waals surface area contributed by atoms with Crippen LogP contribution in [0.15, 0.2) is 6.33 Å². The van der Waals surface area contributed by atoms with Crippen molar-refractivity contribution in [3.63, 3.8) is 0 Å². The Kier molecular flexibility index (Phi) is 3.07. The monoisotopic (exact) mass is 193 g/mol. The highest BCUT2D eigenvalue weighted by atomic mass is 16.2. The first-order chi connectivity index (χ1) is 6.63. The van der Waals surface area contributed by atoms with E-state index in [4.69, 9.17) is 12.2 Å². The molecule has 0 aliphatic carbocycles. The van der Waals surface area contributed by atoms with Crippen LogP contribution in [0.5, 0.6) is 0 Å². The fourth-order valence-electron chi connectivity index (χ4n) is 0.870. The van der Waals surface area contributed by atoms with Gasteiger partial charge in [-0.05, 0) is 0 Å². The van der Waals surface area contributed by atoms with Crippen molar-refractivity contribution < 1.29 is 4.79 Å². The molecule has 0 radical (unpaired) electrons. The number of nitrogen functional groups attached to an aromatic ring is 1. The van der Waals surface area contributed by atoms with Crippen molar-refractivity contribution in [1.29, 1.82) is 0 Å². The van der Waals surface area contributed by atoms with Gasteiger partial charge in [-0.15, -0.1) is 11.5 Å². The Morgan fingerprint density at radius 2 is 2.57 bits per heavy atom. The van der Waals surface area contributed by atoms with Gasteiger partial charge in [0.25, 0.3) is 0 Å². The molecule has 0 aliphatic heterocycles. The molecule has 0 spiro atoms. The molecule has 0 bridgehead atoms. The Labute approximate surface area is 81.7 Å². The molecule has 0 unspecified atom stereocenters. The summed E-state index contributed by atoms with van der Waals surface area (Å²) in [6.07, 6.45) is 6.47. The average molecular weight is 193 g/mol. The zero-order valence-electron chi connectivity index (χ0n) is 7.84. The topological polar surface area (TPSA) is 77.0 Å². The summed E-state index contributed by atoms with van der Waals surface area (Å²) in [4.78, 5) is 16.5. The van der Waals surface area contributed by atoms with Crippen molar-refractivity contribution in [3.8, 4) is 12.3 Å². The maximum absolute atomic E-state index is 11.4. The molecule has 2 N–H and O–H groups in total. The second kappa shape index (κ2) is 4.28. The first-order valence-electron chi connectivity index (χ1n) is 3.96. The van der Waals surface area contributed by atoms with Crippen molar-refractivity contribution >= 4 is 11.9 Å². The van der Waals surface area contributed by atoms with Crippen molar-refractivity contribution in [2.24, 2.45) is 0 Å². The summed E-state index contributed by atoms with van der Waals surface area (Å²) in [7, 11) is 1.63. The highest BCUT2D eigenvalue weighted by Gasteiger charge is 2.08. The number of nitrogens with zero attached hydrogens (tertiary/aromatic N) is 4. The molecule has 0 saturated carbocycles. The molecule has 6 nitrogen and oxygen atoms in total. The third kappa shape index (κ3) is 2.48. The van der Waals surface area contributed by atoms with E-state index in [0.29, 0.717) is 0 Å². The minimum absolute atomic E-state index is 0.0996. The molecule has 0 fully saturated rings. The second-order valence-corrected chi connectivity index (χ2v) is 2.75. The number of nitrogens with two attached hydrogens (primary N) is 1. The molecule has 1 aromatic heterocycles. The highest BCUT2D eigenvalue weighted by Crippen LogP contribution is 1.92. The standard InChI is InChI=1S/C8H11N5O/c1-3-4-12(2)7(14)5-13-6-10-8(9)11-13/h1,6H,4-5H2,2H3,(H2,9,11). The van der Waals surface area contributed by atoms with Crippen molar-refractivity contribution in [2.45, 2.75) is 6.54 Å². The van der Waals surface area contributed by atoms with Crippen LogP contribution < -0.4 is 5.73 Å². The first kappa shape index (κ1) is 10.1. The molecule has 1 aromatic rings. The van der Waals surface area contributed by atoms with Crippen LogP contribution in [0, 0.1) is 12.3 Å². The Balaban J connectivity index is 2.53. The van der Waals surface area contributed by atoms with Crippen LogP contribution in [-0.4, -0.2) is 39.2 Å². The number of likely N-dealkylation sites (N-methyl/N-ethyl adjacent to an activating group) is 1. The van der Waals surface area contributed by atoms with Crippen LogP contribution in [0.2, 0.25) is 0 Å². The molecular formula is C8H11N5O. The zero-order chi connectivity index (χ0) is 10.6. The molecule has 0 saturated heterocycles. The number of rotatable bonds is 3. The normalized spacial score (nSPS) is 9.43. The van der Waals surface area contributed by atoms with Crippen molar-refractivity contribution in [2.75, 3.05) is 19.3 Å². The first-order valence-corrected chi connectivity index (χ1v) is 3.96. The summed E-state index contributed by atoms with van der Waals surface area (Å²) in [6.45, 7) is 0.380. The number of hydrogen-bond acceptors (Lipinski definition) is 4. The third-order valence-corrected chi connectivity index (χ3v) is 1.61. The van der Waals surface area contributed by atoms with Gasteiger partial charge in [-0.25, -0.2) is 9.67 Å². The van der Waals surface area contributed by atoms with Crippen LogP contribution in [-0.2, 0) is 11.3 Å². The predicted molar refractivity (Wildman–Crippen MR) is 50.9 cm³/mol. The van der Waals surface area contributed by atoms with Gasteiger partial charge in [0.2, 0.25) is 11.9 Å². The van der Waals surface area contributed by atoms with Crippen LogP contribution in [0.1, 0.15) is 0 Å². The van der Waals surface area contributed by atoms with E-state index in [-0.39, 0.29) is 24.9 Å². The number of aromatic nitrogens is 3. The molecule has 0 aliphatic rings. The molecule has 74 valence electrons. The second-order valence-electron chi connectivity index (χ2n) is 2.75. The van der Waals surface area contributed by atoms with Crippen LogP contribution in [0.4, 0.5) is 5.95 Å². The third-order valence-electron chi connectivity index (χ3n) is 1.61. The Hall–Kier alpha value is -2.03. The van der Waals surface area contributed by atoms with Gasteiger partial charge in [-0.3, -0.25) is 4.79 Å². The summed E-state index contributed by atoms with van der Waals surface area (Å²) in [5.74, 6) is 2.39. The van der Waals surface area contributed by atoms with E-state index in [2.05, 4.69) is 16.0 Å². The zero-order valence-corrected chi connectivity index (χ0v) is 7.84. The Bertz CT molecular complexity index is 364. The van der Waals surface area contributed by atoms with E-state index in [1.54, 1.807) is 7.05 Å². The number of amides is 1. The SMILES string of the molecule is C#CCN(C)C(=O)Cn1cnc(N)n1. The maximum Gasteiger partial charge on any atom is 0.244 e. The fraction of sp³-hybridized carbons (Fsp3) is 0.375. The number of anilines is 1. The van der Waals surface area contributed by atoms with Crippen LogP contribution >= 0.6 is 0 Å². The van der Waals surface area contributed by atoms with E-state index in [1.807, 2.05) is 0 Å². The molecule has 14 heavy (non-hydrogen) atoms. The summed E-state index contributed by atoms with van der Waals surface area (Å²) in [5, 5.41) is 3.78. The molecule has 6 heteroatoms. The quantitative estimate of drug-likeness (QED) is 0.621. The van der Waals surface area contributed by atoms with E-state index >= 15 is 0 Å². The summed E-state index contributed by atoms with van der Waals surface area (Å²) >= 11 is 0. The summed E-state index contributed by atoms with van der Waals surface area (Å²) in [5.41, 5.74) is 5.29. The van der Waals surface area contributed by atoms with Gasteiger partial charge < -0.3 is 10.6 Å². The fourth-order valence-corrected chi connectivity index (χ4v) is 0.870. The largest absolute Gasteiger partial charge is 0.367 e. The molecule has 1 amide bonds. The van der Waals surface area contributed by atoms with Crippen LogP contribution in [0.25, 0.3) is 0 Å². The lowest BCUT2D eigenvalue weighted by Crippen LogP contribution is -2.30. The minimum atomic E-state index is -0.132. The van der Waals surface area contributed by atoms with Crippen molar-refractivity contribution in [3.05, 3.63) is 6.33 Å². The summed E-state index contributed by atoms with van der Waals surface area (Å²) in [6, 6.07) is 0. The lowest BCUT2D eigenvalue weighted by molar-refractivity contribution is -0.130. The Morgan fingerprint density at radius 1 is 1.86 bits per heavy atom. The molecule has 0 aromatic carbocycles. The summed E-state index contributed by atoms with van der Waals surface area (Å²) < 4.78 is 1.37. The molecular weight excluding hydrogens is 182 g/mol. The van der Waals surface area contributed by atoms with E-state index in [9.17, 15) is 4.79 Å². The van der Waals surface area contributed by atoms with Crippen molar-refractivity contribution in [1.82, 2.24) is 19.7 Å². The van der Waals surface area contributed by atoms with Gasteiger partial charge in [-0.2, -0.15) is 0 Å². The maximum atomic E-state index is 11.4. The highest BCUT2D eigenvalue weighted by molar-refractivity contribution is 5.75. The predicted octanol–water partition coefficient (Wildman–Crippen LogP) is -1.05. The Morgan fingerprint density at radius 3 is 3.07 bits per heavy atom. The number of carbonyl (C=O) groups is 1. The van der Waals surface area contributed by atoms with Gasteiger partial charge >= 0.3 is 0 Å². The van der Waals surface area contributed by atoms with Gasteiger partial charge in [0, 0.05) is 7.05 Å². The van der Waals surface area contributed by atoms with Gasteiger partial charge in [0.1, 0.15) is 12.9 Å². The van der Waals surface area contributed by atoms with E-state index < -0.39 is 0 Å². The number of carbonyl (C=O) groups excluding carboxylic acids is 1. The smallest absolute Gasteiger partial charge is 0.244 e. The van der Waals surface area contributed by atoms with E-state index in [0.717, 1.165) is 0 Å². The van der Waals surface area contributed by atoms with Gasteiger partial charge in [0.05, 0.1) is 6.54 Å². The van der Waals surface area contributed by atoms with Gasteiger partial charge in [0.15, 0.2) is 0 Å². The lowest BCUT2D eigenvalue weighted by atomic mass is 10.5. The number of hydrogen-bond donors (Lipinski definition) is 1. The van der Waals surface area contributed by atoms with Crippen LogP contribution in [0.3, 0.4) is 0 Å². The molecule has 1 heterocycles. The number of terminal acetylenes is 1. The molecule has 0 atom stereocenters. The minimum Gasteiger partial charge on any atom is -0.367 e.